The van der Waals surface area contributed by atoms with E-state index in [0.29, 0.717) is 5.92 Å². The third kappa shape index (κ3) is 3.43. The van der Waals surface area contributed by atoms with Crippen molar-refractivity contribution in [3.63, 3.8) is 0 Å². The van der Waals surface area contributed by atoms with Gasteiger partial charge in [0.1, 0.15) is 5.82 Å². The van der Waals surface area contributed by atoms with Crippen LogP contribution < -0.4 is 5.32 Å². The monoisotopic (exact) mass is 284 g/mol. The number of nitrogens with one attached hydrogen (secondary N) is 1. The van der Waals surface area contributed by atoms with Crippen LogP contribution in [0.15, 0.2) is 24.3 Å². The Morgan fingerprint density at radius 1 is 1.19 bits per heavy atom. The molecule has 0 saturated heterocycles. The molecular weight excluding hydrogens is 260 g/mol. The minimum Gasteiger partial charge on any atom is -0.385 e. The van der Waals surface area contributed by atoms with E-state index in [1.54, 1.807) is 0 Å². The van der Waals surface area contributed by atoms with Gasteiger partial charge in [0.2, 0.25) is 0 Å². The van der Waals surface area contributed by atoms with Crippen LogP contribution in [0.2, 0.25) is 0 Å². The second kappa shape index (κ2) is 6.29. The molecule has 4 nitrogen and oxygen atoms in total. The lowest BCUT2D eigenvalue weighted by atomic mass is 10.1. The number of aromatic nitrogens is 3. The maximum atomic E-state index is 4.75. The van der Waals surface area contributed by atoms with E-state index in [4.69, 9.17) is 4.98 Å². The first-order valence-electron chi connectivity index (χ1n) is 7.93. The first-order valence-corrected chi connectivity index (χ1v) is 7.93. The minimum atomic E-state index is 0.593. The van der Waals surface area contributed by atoms with Gasteiger partial charge >= 0.3 is 0 Å². The molecule has 2 aromatic rings. The molecule has 1 aromatic carbocycles. The van der Waals surface area contributed by atoms with E-state index < -0.39 is 0 Å². The fraction of sp³-hybridized carbons (Fsp3) is 0.529. The summed E-state index contributed by atoms with van der Waals surface area (Å²) < 4.78 is 1.95. The topological polar surface area (TPSA) is 42.7 Å². The van der Waals surface area contributed by atoms with Gasteiger partial charge in [-0.05, 0) is 31.9 Å². The van der Waals surface area contributed by atoms with Crippen LogP contribution in [0.25, 0.3) is 0 Å². The van der Waals surface area contributed by atoms with E-state index in [1.807, 2.05) is 11.7 Å². The first kappa shape index (κ1) is 14.1. The molecule has 0 aliphatic heterocycles. The third-order valence-electron chi connectivity index (χ3n) is 4.32. The summed E-state index contributed by atoms with van der Waals surface area (Å²) in [6.45, 7) is 2.99. The molecule has 3 rings (SSSR count). The van der Waals surface area contributed by atoms with E-state index >= 15 is 0 Å². The molecule has 1 aliphatic rings. The van der Waals surface area contributed by atoms with Crippen molar-refractivity contribution < 1.29 is 0 Å². The van der Waals surface area contributed by atoms with Crippen molar-refractivity contribution in [2.24, 2.45) is 7.05 Å². The van der Waals surface area contributed by atoms with Gasteiger partial charge in [-0.1, -0.05) is 30.5 Å². The zero-order valence-electron chi connectivity index (χ0n) is 13.0. The lowest BCUT2D eigenvalue weighted by molar-refractivity contribution is 0.642. The van der Waals surface area contributed by atoms with Crippen molar-refractivity contribution in [2.75, 3.05) is 11.9 Å². The van der Waals surface area contributed by atoms with Gasteiger partial charge in [-0.2, -0.15) is 5.10 Å². The van der Waals surface area contributed by atoms with Gasteiger partial charge in [0.25, 0.3) is 0 Å². The summed E-state index contributed by atoms with van der Waals surface area (Å²) in [7, 11) is 2.01. The molecule has 21 heavy (non-hydrogen) atoms. The largest absolute Gasteiger partial charge is 0.385 e. The van der Waals surface area contributed by atoms with Crippen molar-refractivity contribution >= 4 is 5.69 Å². The summed E-state index contributed by atoms with van der Waals surface area (Å²) in [5.41, 5.74) is 2.45. The molecule has 1 heterocycles. The Morgan fingerprint density at radius 2 is 1.90 bits per heavy atom. The highest BCUT2D eigenvalue weighted by molar-refractivity contribution is 5.44. The molecule has 1 saturated carbocycles. The Morgan fingerprint density at radius 3 is 2.62 bits per heavy atom. The van der Waals surface area contributed by atoms with Gasteiger partial charge in [0.15, 0.2) is 5.82 Å². The van der Waals surface area contributed by atoms with E-state index in [2.05, 4.69) is 41.6 Å². The lowest BCUT2D eigenvalue weighted by Crippen LogP contribution is -2.09. The average molecular weight is 284 g/mol. The SMILES string of the molecule is Cc1ccc(NCCc2nc(C3CCCC3)nn2C)cc1. The standard InChI is InChI=1S/C17H24N4/c1-13-7-9-15(10-8-13)18-12-11-16-19-17(20-21(16)2)14-5-3-4-6-14/h7-10,14,18H,3-6,11-12H2,1-2H3. The Labute approximate surface area is 126 Å². The van der Waals surface area contributed by atoms with Gasteiger partial charge in [-0.15, -0.1) is 0 Å². The fourth-order valence-electron chi connectivity index (χ4n) is 3.00. The Bertz CT molecular complexity index is 579. The Hall–Kier alpha value is -1.84. The smallest absolute Gasteiger partial charge is 0.154 e. The summed E-state index contributed by atoms with van der Waals surface area (Å²) in [5, 5.41) is 8.05. The molecule has 1 N–H and O–H groups in total. The summed E-state index contributed by atoms with van der Waals surface area (Å²) in [5.74, 6) is 2.73. The van der Waals surface area contributed by atoms with Crippen LogP contribution in [0.4, 0.5) is 5.69 Å². The van der Waals surface area contributed by atoms with Gasteiger partial charge in [-0.3, -0.25) is 4.68 Å². The number of benzene rings is 1. The Kier molecular flexibility index (Phi) is 4.23. The molecule has 1 aliphatic carbocycles. The van der Waals surface area contributed by atoms with Crippen molar-refractivity contribution in [3.8, 4) is 0 Å². The second-order valence-electron chi connectivity index (χ2n) is 6.03. The second-order valence-corrected chi connectivity index (χ2v) is 6.03. The molecule has 0 atom stereocenters. The molecule has 0 spiro atoms. The number of nitrogens with zero attached hydrogens (tertiary/aromatic N) is 3. The van der Waals surface area contributed by atoms with Crippen LogP contribution in [-0.4, -0.2) is 21.3 Å². The zero-order valence-corrected chi connectivity index (χ0v) is 13.0. The highest BCUT2D eigenvalue weighted by atomic mass is 15.3. The minimum absolute atomic E-state index is 0.593. The zero-order chi connectivity index (χ0) is 14.7. The summed E-state index contributed by atoms with van der Waals surface area (Å²) >= 11 is 0. The molecule has 4 heteroatoms. The normalized spacial score (nSPS) is 15.5. The maximum absolute atomic E-state index is 4.75. The molecular formula is C17H24N4. The highest BCUT2D eigenvalue weighted by Gasteiger charge is 2.21. The van der Waals surface area contributed by atoms with Crippen molar-refractivity contribution in [3.05, 3.63) is 41.5 Å². The molecule has 0 amide bonds. The van der Waals surface area contributed by atoms with Crippen LogP contribution in [0.5, 0.6) is 0 Å². The molecule has 1 aromatic heterocycles. The van der Waals surface area contributed by atoms with E-state index in [0.717, 1.165) is 24.6 Å². The molecule has 0 radical (unpaired) electrons. The van der Waals surface area contributed by atoms with Crippen molar-refractivity contribution in [1.29, 1.82) is 0 Å². The summed E-state index contributed by atoms with van der Waals surface area (Å²) in [6.07, 6.45) is 6.07. The van der Waals surface area contributed by atoms with Crippen LogP contribution in [0.1, 0.15) is 48.8 Å². The van der Waals surface area contributed by atoms with Crippen molar-refractivity contribution in [2.45, 2.75) is 44.9 Å². The number of anilines is 1. The molecule has 0 unspecified atom stereocenters. The van der Waals surface area contributed by atoms with Crippen LogP contribution in [0.3, 0.4) is 0 Å². The number of rotatable bonds is 5. The quantitative estimate of drug-likeness (QED) is 0.914. The molecule has 1 fully saturated rings. The molecule has 112 valence electrons. The van der Waals surface area contributed by atoms with Gasteiger partial charge in [0.05, 0.1) is 0 Å². The Balaban J connectivity index is 1.56. The van der Waals surface area contributed by atoms with Crippen LogP contribution in [0, 0.1) is 6.92 Å². The fourth-order valence-corrected chi connectivity index (χ4v) is 3.00. The predicted molar refractivity (Wildman–Crippen MR) is 85.6 cm³/mol. The summed E-state index contributed by atoms with van der Waals surface area (Å²) in [6, 6.07) is 8.50. The predicted octanol–water partition coefficient (Wildman–Crippen LogP) is 3.44. The van der Waals surface area contributed by atoms with E-state index in [1.165, 1.54) is 36.9 Å². The molecule has 0 bridgehead atoms. The number of hydrogen-bond acceptors (Lipinski definition) is 3. The number of hydrogen-bond donors (Lipinski definition) is 1. The summed E-state index contributed by atoms with van der Waals surface area (Å²) in [4.78, 5) is 4.75. The highest BCUT2D eigenvalue weighted by Crippen LogP contribution is 2.32. The average Bonchev–Trinajstić information content (AvgIpc) is 3.11. The lowest BCUT2D eigenvalue weighted by Gasteiger charge is -2.06. The van der Waals surface area contributed by atoms with Crippen LogP contribution in [-0.2, 0) is 13.5 Å². The van der Waals surface area contributed by atoms with Crippen molar-refractivity contribution in [1.82, 2.24) is 14.8 Å². The first-order chi connectivity index (χ1) is 10.2. The van der Waals surface area contributed by atoms with Gasteiger partial charge < -0.3 is 5.32 Å². The maximum Gasteiger partial charge on any atom is 0.154 e. The van der Waals surface area contributed by atoms with Gasteiger partial charge in [0, 0.05) is 31.6 Å². The third-order valence-corrected chi connectivity index (χ3v) is 4.32. The van der Waals surface area contributed by atoms with E-state index in [-0.39, 0.29) is 0 Å². The number of aryl methyl sites for hydroxylation is 2. The van der Waals surface area contributed by atoms with Crippen LogP contribution >= 0.6 is 0 Å². The van der Waals surface area contributed by atoms with Gasteiger partial charge in [-0.25, -0.2) is 4.98 Å². The van der Waals surface area contributed by atoms with E-state index in [9.17, 15) is 0 Å².